The van der Waals surface area contributed by atoms with Crippen molar-refractivity contribution in [3.05, 3.63) is 46.9 Å². The van der Waals surface area contributed by atoms with Crippen molar-refractivity contribution < 1.29 is 0 Å². The molecule has 0 heterocycles. The summed E-state index contributed by atoms with van der Waals surface area (Å²) in [4.78, 5) is 1.45. The predicted octanol–water partition coefficient (Wildman–Crippen LogP) is 6.67. The van der Waals surface area contributed by atoms with Crippen molar-refractivity contribution in [1.29, 1.82) is 0 Å². The molecule has 0 fully saturated rings. The molecule has 0 aromatic rings. The Morgan fingerprint density at radius 1 is 0.895 bits per heavy atom. The minimum Gasteiger partial charge on any atom is -0.134 e. The second-order valence-corrected chi connectivity index (χ2v) is 5.99. The molecule has 19 heavy (non-hydrogen) atoms. The second-order valence-electron chi connectivity index (χ2n) is 5.06. The Hall–Kier alpha value is -0.690. The van der Waals surface area contributed by atoms with E-state index in [9.17, 15) is 0 Å². The van der Waals surface area contributed by atoms with Gasteiger partial charge in [-0.2, -0.15) is 0 Å². The van der Waals surface area contributed by atoms with Gasteiger partial charge in [0.25, 0.3) is 0 Å². The number of thioether (sulfide) groups is 1. The van der Waals surface area contributed by atoms with E-state index in [1.54, 1.807) is 0 Å². The lowest BCUT2D eigenvalue weighted by Crippen LogP contribution is -1.84. The Bertz CT molecular complexity index is 345. The van der Waals surface area contributed by atoms with E-state index in [1.165, 1.54) is 21.6 Å². The van der Waals surface area contributed by atoms with Crippen LogP contribution in [0, 0.1) is 0 Å². The molecule has 0 aliphatic carbocycles. The minimum atomic E-state index is 1.09. The zero-order valence-corrected chi connectivity index (χ0v) is 14.0. The van der Waals surface area contributed by atoms with Gasteiger partial charge in [0, 0.05) is 0 Å². The standard InChI is InChI=1S/C18H30S/c1-7-15(3)9-10-17(5)12-14-18(19-6)13-11-16(4)8-2/h12,14H,3-4,7-11,13H2,1-2,5-6H3/b17-12+,18-14-. The minimum absolute atomic E-state index is 1.09. The molecule has 0 amide bonds. The van der Waals surface area contributed by atoms with E-state index in [0.29, 0.717) is 0 Å². The highest BCUT2D eigenvalue weighted by Crippen LogP contribution is 2.22. The molecule has 0 rings (SSSR count). The first-order chi connectivity index (χ1) is 9.03. The highest BCUT2D eigenvalue weighted by molar-refractivity contribution is 8.02. The fourth-order valence-electron chi connectivity index (χ4n) is 1.60. The van der Waals surface area contributed by atoms with Crippen molar-refractivity contribution in [3.63, 3.8) is 0 Å². The quantitative estimate of drug-likeness (QED) is 0.317. The van der Waals surface area contributed by atoms with E-state index in [2.05, 4.69) is 52.3 Å². The molecular formula is C18H30S. The summed E-state index contributed by atoms with van der Waals surface area (Å²) in [6.07, 6.45) is 13.4. The third kappa shape index (κ3) is 9.84. The third-order valence-corrected chi connectivity index (χ3v) is 4.28. The maximum atomic E-state index is 4.07. The van der Waals surface area contributed by atoms with Gasteiger partial charge in [-0.3, -0.25) is 0 Å². The molecule has 108 valence electrons. The van der Waals surface area contributed by atoms with Crippen LogP contribution < -0.4 is 0 Å². The molecule has 0 bridgehead atoms. The molecule has 0 aromatic heterocycles. The molecule has 0 atom stereocenters. The van der Waals surface area contributed by atoms with Crippen LogP contribution in [0.2, 0.25) is 0 Å². The van der Waals surface area contributed by atoms with Gasteiger partial charge in [-0.15, -0.1) is 11.8 Å². The summed E-state index contributed by atoms with van der Waals surface area (Å²) in [5, 5.41) is 0. The van der Waals surface area contributed by atoms with Crippen molar-refractivity contribution in [1.82, 2.24) is 0 Å². The first kappa shape index (κ1) is 18.3. The van der Waals surface area contributed by atoms with Gasteiger partial charge in [-0.25, -0.2) is 0 Å². The van der Waals surface area contributed by atoms with Gasteiger partial charge >= 0.3 is 0 Å². The Morgan fingerprint density at radius 3 is 1.89 bits per heavy atom. The Morgan fingerprint density at radius 2 is 1.42 bits per heavy atom. The molecule has 0 nitrogen and oxygen atoms in total. The monoisotopic (exact) mass is 278 g/mol. The molecule has 0 N–H and O–H groups in total. The molecule has 0 radical (unpaired) electrons. The van der Waals surface area contributed by atoms with Crippen LogP contribution >= 0.6 is 11.8 Å². The number of rotatable bonds is 10. The van der Waals surface area contributed by atoms with Gasteiger partial charge in [0.2, 0.25) is 0 Å². The molecule has 0 unspecified atom stereocenters. The van der Waals surface area contributed by atoms with Gasteiger partial charge in [0.15, 0.2) is 0 Å². The van der Waals surface area contributed by atoms with Gasteiger partial charge in [0.1, 0.15) is 0 Å². The van der Waals surface area contributed by atoms with Crippen LogP contribution in [0.5, 0.6) is 0 Å². The summed E-state index contributed by atoms with van der Waals surface area (Å²) in [7, 11) is 0. The molecule has 0 spiro atoms. The second kappa shape index (κ2) is 11.2. The molecule has 0 aromatic carbocycles. The van der Waals surface area contributed by atoms with Crippen LogP contribution in [0.15, 0.2) is 46.9 Å². The predicted molar refractivity (Wildman–Crippen MR) is 92.7 cm³/mol. The first-order valence-electron chi connectivity index (χ1n) is 7.27. The van der Waals surface area contributed by atoms with Crippen LogP contribution in [-0.4, -0.2) is 6.26 Å². The Labute approximate surface area is 124 Å². The van der Waals surface area contributed by atoms with Crippen LogP contribution in [0.4, 0.5) is 0 Å². The van der Waals surface area contributed by atoms with Crippen molar-refractivity contribution >= 4 is 11.8 Å². The zero-order valence-electron chi connectivity index (χ0n) is 13.2. The molecular weight excluding hydrogens is 248 g/mol. The van der Waals surface area contributed by atoms with Gasteiger partial charge < -0.3 is 0 Å². The van der Waals surface area contributed by atoms with Gasteiger partial charge in [-0.05, 0) is 56.6 Å². The van der Waals surface area contributed by atoms with E-state index in [1.807, 2.05) is 11.8 Å². The Balaban J connectivity index is 4.28. The van der Waals surface area contributed by atoms with Crippen LogP contribution in [-0.2, 0) is 0 Å². The Kier molecular flexibility index (Phi) is 10.8. The summed E-state index contributed by atoms with van der Waals surface area (Å²) >= 11 is 1.85. The van der Waals surface area contributed by atoms with Crippen molar-refractivity contribution in [3.8, 4) is 0 Å². The van der Waals surface area contributed by atoms with E-state index in [4.69, 9.17) is 0 Å². The lowest BCUT2D eigenvalue weighted by Gasteiger charge is -2.05. The molecule has 0 saturated carbocycles. The summed E-state index contributed by atoms with van der Waals surface area (Å²) in [5.74, 6) is 0. The molecule has 0 aliphatic rings. The topological polar surface area (TPSA) is 0 Å². The number of hydrogen-bond donors (Lipinski definition) is 0. The van der Waals surface area contributed by atoms with E-state index < -0.39 is 0 Å². The third-order valence-electron chi connectivity index (χ3n) is 3.41. The lowest BCUT2D eigenvalue weighted by molar-refractivity contribution is 0.878. The van der Waals surface area contributed by atoms with Crippen molar-refractivity contribution in [2.75, 3.05) is 6.26 Å². The van der Waals surface area contributed by atoms with Crippen molar-refractivity contribution in [2.45, 2.75) is 59.3 Å². The molecule has 0 saturated heterocycles. The van der Waals surface area contributed by atoms with Crippen LogP contribution in [0.25, 0.3) is 0 Å². The SMILES string of the molecule is C=C(CC)CC/C(=C/C=C(\C)CCC(=C)CC)SC. The summed E-state index contributed by atoms with van der Waals surface area (Å²) in [6, 6.07) is 0. The molecule has 1 heteroatoms. The summed E-state index contributed by atoms with van der Waals surface area (Å²) in [5.41, 5.74) is 4.14. The average molecular weight is 279 g/mol. The highest BCUT2D eigenvalue weighted by atomic mass is 32.2. The first-order valence-corrected chi connectivity index (χ1v) is 8.49. The van der Waals surface area contributed by atoms with E-state index >= 15 is 0 Å². The zero-order chi connectivity index (χ0) is 14.7. The van der Waals surface area contributed by atoms with Gasteiger partial charge in [0.05, 0.1) is 0 Å². The number of hydrogen-bond acceptors (Lipinski definition) is 1. The average Bonchev–Trinajstić information content (AvgIpc) is 2.44. The summed E-state index contributed by atoms with van der Waals surface area (Å²) < 4.78 is 0. The van der Waals surface area contributed by atoms with Gasteiger partial charge in [-0.1, -0.05) is 55.9 Å². The fraction of sp³-hybridized carbons (Fsp3) is 0.556. The normalized spacial score (nSPS) is 12.6. The van der Waals surface area contributed by atoms with Crippen molar-refractivity contribution in [2.24, 2.45) is 0 Å². The van der Waals surface area contributed by atoms with Crippen LogP contribution in [0.3, 0.4) is 0 Å². The lowest BCUT2D eigenvalue weighted by atomic mass is 10.0. The number of allylic oxidation sites excluding steroid dienone is 6. The smallest absolute Gasteiger partial charge is 0.0140 e. The maximum Gasteiger partial charge on any atom is -0.0140 e. The molecule has 0 aliphatic heterocycles. The maximum absolute atomic E-state index is 4.07. The largest absolute Gasteiger partial charge is 0.134 e. The van der Waals surface area contributed by atoms with E-state index in [0.717, 1.165) is 38.5 Å². The van der Waals surface area contributed by atoms with E-state index in [-0.39, 0.29) is 0 Å². The fourth-order valence-corrected chi connectivity index (χ4v) is 2.11. The van der Waals surface area contributed by atoms with Crippen LogP contribution in [0.1, 0.15) is 59.3 Å². The highest BCUT2D eigenvalue weighted by Gasteiger charge is 1.97. The summed E-state index contributed by atoms with van der Waals surface area (Å²) in [6.45, 7) is 14.7.